The second-order valence-electron chi connectivity index (χ2n) is 6.82. The number of nitrogens with zero attached hydrogens (tertiary/aromatic N) is 1. The van der Waals surface area contributed by atoms with E-state index in [4.69, 9.17) is 15.5 Å². The first-order valence-electron chi connectivity index (χ1n) is 9.55. The van der Waals surface area contributed by atoms with E-state index in [9.17, 15) is 17.6 Å². The van der Waals surface area contributed by atoms with E-state index in [1.165, 1.54) is 42.7 Å². The number of halogens is 1. The molecule has 0 aliphatic heterocycles. The largest absolute Gasteiger partial charge is 0.380 e. The second-order valence-corrected chi connectivity index (χ2v) is 8.74. The van der Waals surface area contributed by atoms with Crippen molar-refractivity contribution in [2.75, 3.05) is 5.73 Å². The van der Waals surface area contributed by atoms with Crippen LogP contribution in [0.25, 0.3) is 23.1 Å². The van der Waals surface area contributed by atoms with Crippen LogP contribution in [0.4, 0.5) is 10.2 Å². The van der Waals surface area contributed by atoms with Gasteiger partial charge in [0.05, 0.1) is 15.2 Å². The molecule has 1 aromatic heterocycles. The zero-order valence-electron chi connectivity index (χ0n) is 17.4. The van der Waals surface area contributed by atoms with Gasteiger partial charge >= 0.3 is 0 Å². The first-order chi connectivity index (χ1) is 15.7. The molecule has 0 aliphatic carbocycles. The number of rotatable bonds is 4. The molecule has 3 aromatic carbocycles. The third kappa shape index (κ3) is 5.62. The van der Waals surface area contributed by atoms with Gasteiger partial charge in [0.2, 0.25) is 15.7 Å². The van der Waals surface area contributed by atoms with Crippen molar-refractivity contribution in [3.8, 4) is 0 Å². The summed E-state index contributed by atoms with van der Waals surface area (Å²) in [6.07, 6.45) is 3.64. The maximum atomic E-state index is 13.0. The zero-order chi connectivity index (χ0) is 24.0. The van der Waals surface area contributed by atoms with Crippen LogP contribution >= 0.6 is 0 Å². The SMILES string of the molecule is CC(=O)NO.Nc1noc2cccc(S(=O)(=O)c3ccc(/C=C/c4ccc(F)cc4)cc3)c12. The Kier molecular flexibility index (Phi) is 7.21. The highest BCUT2D eigenvalue weighted by Gasteiger charge is 2.23. The molecule has 1 heterocycles. The number of benzene rings is 3. The molecule has 0 unspecified atom stereocenters. The van der Waals surface area contributed by atoms with Gasteiger partial charge < -0.3 is 10.3 Å². The molecule has 1 amide bonds. The van der Waals surface area contributed by atoms with Gasteiger partial charge in [0, 0.05) is 6.92 Å². The summed E-state index contributed by atoms with van der Waals surface area (Å²) in [5.41, 5.74) is 9.14. The number of aromatic nitrogens is 1. The lowest BCUT2D eigenvalue weighted by atomic mass is 10.1. The molecule has 0 saturated carbocycles. The van der Waals surface area contributed by atoms with Gasteiger partial charge in [-0.3, -0.25) is 10.0 Å². The van der Waals surface area contributed by atoms with Crippen LogP contribution in [0.5, 0.6) is 0 Å². The van der Waals surface area contributed by atoms with Crippen LogP contribution in [0, 0.1) is 5.82 Å². The monoisotopic (exact) mass is 469 g/mol. The quantitative estimate of drug-likeness (QED) is 0.233. The normalized spacial score (nSPS) is 11.2. The van der Waals surface area contributed by atoms with Gasteiger partial charge in [0.25, 0.3) is 0 Å². The second kappa shape index (κ2) is 10.1. The van der Waals surface area contributed by atoms with E-state index in [0.717, 1.165) is 11.1 Å². The Balaban J connectivity index is 0.000000555. The summed E-state index contributed by atoms with van der Waals surface area (Å²) >= 11 is 0. The van der Waals surface area contributed by atoms with Crippen LogP contribution in [0.2, 0.25) is 0 Å². The number of hydrogen-bond acceptors (Lipinski definition) is 7. The lowest BCUT2D eigenvalue weighted by molar-refractivity contribution is -0.126. The van der Waals surface area contributed by atoms with Crippen molar-refractivity contribution < 1.29 is 27.3 Å². The topological polar surface area (TPSA) is 136 Å². The molecular formula is C23H20FN3O5S. The van der Waals surface area contributed by atoms with Crippen molar-refractivity contribution in [2.45, 2.75) is 16.7 Å². The van der Waals surface area contributed by atoms with E-state index in [1.54, 1.807) is 36.4 Å². The van der Waals surface area contributed by atoms with E-state index in [2.05, 4.69) is 5.16 Å². The molecule has 33 heavy (non-hydrogen) atoms. The van der Waals surface area contributed by atoms with Gasteiger partial charge in [-0.15, -0.1) is 0 Å². The number of fused-ring (bicyclic) bond motifs is 1. The fraction of sp³-hybridized carbons (Fsp3) is 0.0435. The van der Waals surface area contributed by atoms with E-state index < -0.39 is 15.7 Å². The van der Waals surface area contributed by atoms with E-state index in [0.29, 0.717) is 5.58 Å². The van der Waals surface area contributed by atoms with Crippen LogP contribution in [-0.4, -0.2) is 24.7 Å². The minimum atomic E-state index is -3.79. The Morgan fingerprint density at radius 3 is 2.12 bits per heavy atom. The Labute approximate surface area is 189 Å². The lowest BCUT2D eigenvalue weighted by Gasteiger charge is -2.06. The van der Waals surface area contributed by atoms with Gasteiger partial charge in [0.1, 0.15) is 5.82 Å². The maximum Gasteiger partial charge on any atom is 0.240 e. The summed E-state index contributed by atoms with van der Waals surface area (Å²) in [5.74, 6) is -0.701. The fourth-order valence-electron chi connectivity index (χ4n) is 2.86. The van der Waals surface area contributed by atoms with E-state index in [1.807, 2.05) is 12.2 Å². The van der Waals surface area contributed by atoms with Crippen molar-refractivity contribution in [1.82, 2.24) is 10.6 Å². The van der Waals surface area contributed by atoms with Crippen molar-refractivity contribution in [2.24, 2.45) is 0 Å². The molecule has 0 atom stereocenters. The Morgan fingerprint density at radius 2 is 1.58 bits per heavy atom. The number of nitrogen functional groups attached to an aromatic ring is 1. The summed E-state index contributed by atoms with van der Waals surface area (Å²) < 4.78 is 44.1. The van der Waals surface area contributed by atoms with E-state index in [-0.39, 0.29) is 26.8 Å². The smallest absolute Gasteiger partial charge is 0.240 e. The number of amides is 1. The Morgan fingerprint density at radius 1 is 1.03 bits per heavy atom. The zero-order valence-corrected chi connectivity index (χ0v) is 18.2. The van der Waals surface area contributed by atoms with Crippen molar-refractivity contribution in [3.63, 3.8) is 0 Å². The molecule has 10 heteroatoms. The van der Waals surface area contributed by atoms with Crippen molar-refractivity contribution >= 4 is 44.7 Å². The van der Waals surface area contributed by atoms with Crippen molar-refractivity contribution in [1.29, 1.82) is 0 Å². The summed E-state index contributed by atoms with van der Waals surface area (Å²) in [5, 5.41) is 11.5. The third-order valence-corrected chi connectivity index (χ3v) is 6.27. The van der Waals surface area contributed by atoms with E-state index >= 15 is 0 Å². The fourth-order valence-corrected chi connectivity index (χ4v) is 4.34. The highest BCUT2D eigenvalue weighted by Crippen LogP contribution is 2.32. The van der Waals surface area contributed by atoms with Crippen LogP contribution < -0.4 is 11.2 Å². The number of hydrogen-bond donors (Lipinski definition) is 3. The number of hydroxylamine groups is 1. The number of nitrogens with two attached hydrogens (primary N) is 1. The maximum absolute atomic E-state index is 13.0. The number of sulfone groups is 1. The molecule has 0 spiro atoms. The molecule has 170 valence electrons. The highest BCUT2D eigenvalue weighted by atomic mass is 32.2. The number of nitrogens with one attached hydrogen (secondary N) is 1. The summed E-state index contributed by atoms with van der Waals surface area (Å²) in [4.78, 5) is 9.64. The molecule has 4 rings (SSSR count). The number of carbonyl (C=O) groups excluding carboxylic acids is 1. The lowest BCUT2D eigenvalue weighted by Crippen LogP contribution is -2.12. The minimum absolute atomic E-state index is 0.0352. The highest BCUT2D eigenvalue weighted by molar-refractivity contribution is 7.91. The summed E-state index contributed by atoms with van der Waals surface area (Å²) in [7, 11) is -3.79. The molecule has 4 N–H and O–H groups in total. The molecule has 8 nitrogen and oxygen atoms in total. The molecule has 0 bridgehead atoms. The Hall–Kier alpha value is -4.02. The van der Waals surface area contributed by atoms with Gasteiger partial charge in [0.15, 0.2) is 11.4 Å². The van der Waals surface area contributed by atoms with Crippen LogP contribution in [0.3, 0.4) is 0 Å². The van der Waals surface area contributed by atoms with Crippen LogP contribution in [-0.2, 0) is 14.6 Å². The van der Waals surface area contributed by atoms with Crippen LogP contribution in [0.1, 0.15) is 18.1 Å². The van der Waals surface area contributed by atoms with Gasteiger partial charge in [-0.1, -0.05) is 47.6 Å². The third-order valence-electron chi connectivity index (χ3n) is 4.46. The summed E-state index contributed by atoms with van der Waals surface area (Å²) in [6.45, 7) is 1.22. The first-order valence-corrected chi connectivity index (χ1v) is 11.0. The first kappa shape index (κ1) is 23.6. The average molecular weight is 469 g/mol. The average Bonchev–Trinajstić information content (AvgIpc) is 3.20. The summed E-state index contributed by atoms with van der Waals surface area (Å²) in [6, 6.07) is 17.2. The minimum Gasteiger partial charge on any atom is -0.380 e. The van der Waals surface area contributed by atoms with Gasteiger partial charge in [-0.25, -0.2) is 18.3 Å². The molecule has 4 aromatic rings. The standard InChI is InChI=1S/C21H15FN2O3S.C2H5NO2/c22-16-10-6-14(7-11-16)4-5-15-8-12-17(13-9-15)28(25,26)19-3-1-2-18-20(19)21(23)24-27-18;1-2(4)3-5/h1-13H,(H2,23,24);5H,1H3,(H,3,4)/b5-4+;. The van der Waals surface area contributed by atoms with Crippen LogP contribution in [0.15, 0.2) is 81.0 Å². The molecule has 0 aliphatic rings. The predicted octanol–water partition coefficient (Wildman–Crippen LogP) is 4.06. The van der Waals surface area contributed by atoms with Gasteiger partial charge in [-0.2, -0.15) is 0 Å². The molecule has 0 radical (unpaired) electrons. The molecule has 0 fully saturated rings. The molecule has 0 saturated heterocycles. The van der Waals surface area contributed by atoms with Crippen molar-refractivity contribution in [3.05, 3.63) is 83.7 Å². The van der Waals surface area contributed by atoms with Gasteiger partial charge in [-0.05, 0) is 47.5 Å². The number of anilines is 1. The predicted molar refractivity (Wildman–Crippen MR) is 121 cm³/mol. The number of carbonyl (C=O) groups is 1. The Bertz CT molecular complexity index is 1400. The molecular weight excluding hydrogens is 449 g/mol.